The highest BCUT2D eigenvalue weighted by Gasteiger charge is 2.26. The van der Waals surface area contributed by atoms with E-state index < -0.39 is 0 Å². The zero-order chi connectivity index (χ0) is 22.6. The molecule has 2 saturated heterocycles. The van der Waals surface area contributed by atoms with Gasteiger partial charge in [0.1, 0.15) is 11.9 Å². The minimum atomic E-state index is 0.349. The van der Waals surface area contributed by atoms with Crippen LogP contribution in [-0.4, -0.2) is 47.2 Å². The van der Waals surface area contributed by atoms with Crippen LogP contribution in [0.4, 0.5) is 11.4 Å². The molecule has 0 unspecified atom stereocenters. The molecule has 2 aromatic heterocycles. The maximum Gasteiger partial charge on any atom is 0.142 e. The van der Waals surface area contributed by atoms with E-state index in [1.54, 1.807) is 6.20 Å². The van der Waals surface area contributed by atoms with E-state index in [0.29, 0.717) is 24.1 Å². The first-order chi connectivity index (χ1) is 16.2. The predicted octanol–water partition coefficient (Wildman–Crippen LogP) is 3.89. The topological polar surface area (TPSA) is 81.0 Å². The molecule has 7 heteroatoms. The molecule has 170 valence electrons. The fourth-order valence-electron chi connectivity index (χ4n) is 5.21. The van der Waals surface area contributed by atoms with Crippen molar-refractivity contribution in [1.29, 1.82) is 5.26 Å². The lowest BCUT2D eigenvalue weighted by Crippen LogP contribution is -2.48. The summed E-state index contributed by atoms with van der Waals surface area (Å²) in [7, 11) is 0. The van der Waals surface area contributed by atoms with Gasteiger partial charge in [-0.15, -0.1) is 0 Å². The molecule has 33 heavy (non-hydrogen) atoms. The highest BCUT2D eigenvalue weighted by Crippen LogP contribution is 2.31. The Balaban J connectivity index is 1.26. The molecule has 2 atom stereocenters. The first-order valence-electron chi connectivity index (χ1n) is 12.0. The number of aromatic nitrogens is 3. The van der Waals surface area contributed by atoms with Gasteiger partial charge in [0.25, 0.3) is 0 Å². The number of nitrogens with one attached hydrogen (secondary N) is 1. The summed E-state index contributed by atoms with van der Waals surface area (Å²) in [5.74, 6) is 1.40. The van der Waals surface area contributed by atoms with Crippen LogP contribution >= 0.6 is 0 Å². The quantitative estimate of drug-likeness (QED) is 0.643. The van der Waals surface area contributed by atoms with Gasteiger partial charge in [0.15, 0.2) is 0 Å². The number of anilines is 2. The van der Waals surface area contributed by atoms with Crippen molar-refractivity contribution >= 4 is 22.3 Å². The zero-order valence-electron chi connectivity index (χ0n) is 19.2. The predicted molar refractivity (Wildman–Crippen MR) is 131 cm³/mol. The Morgan fingerprint density at radius 3 is 2.64 bits per heavy atom. The fourth-order valence-corrected chi connectivity index (χ4v) is 5.21. The van der Waals surface area contributed by atoms with Gasteiger partial charge in [0.05, 0.1) is 35.7 Å². The number of rotatable bonds is 5. The summed E-state index contributed by atoms with van der Waals surface area (Å²) in [5.41, 5.74) is 3.69. The summed E-state index contributed by atoms with van der Waals surface area (Å²) in [6, 6.07) is 10.6. The van der Waals surface area contributed by atoms with Gasteiger partial charge in [-0.3, -0.25) is 4.98 Å². The fraction of sp³-hybridized carbons (Fsp3) is 0.462. The maximum atomic E-state index is 9.46. The molecule has 5 rings (SSSR count). The summed E-state index contributed by atoms with van der Waals surface area (Å²) in [5, 5.41) is 14.2. The number of benzene rings is 1. The van der Waals surface area contributed by atoms with Crippen molar-refractivity contribution < 1.29 is 0 Å². The van der Waals surface area contributed by atoms with E-state index in [1.165, 1.54) is 19.3 Å². The first-order valence-corrected chi connectivity index (χ1v) is 12.0. The summed E-state index contributed by atoms with van der Waals surface area (Å²) >= 11 is 0. The van der Waals surface area contributed by atoms with Crippen LogP contribution in [-0.2, 0) is 6.54 Å². The average Bonchev–Trinajstić information content (AvgIpc) is 2.87. The lowest BCUT2D eigenvalue weighted by molar-refractivity contribution is 0.348. The van der Waals surface area contributed by atoms with Crippen molar-refractivity contribution in [2.75, 3.05) is 36.0 Å². The van der Waals surface area contributed by atoms with Crippen LogP contribution in [0.1, 0.15) is 44.0 Å². The Kier molecular flexibility index (Phi) is 6.36. The molecule has 1 aromatic carbocycles. The SMILES string of the molecule is C[C@H]1C[C@@H](NCc2ncc(N3CCCCC3)cn2)CN(c2ccc(C#N)c3ncccc23)C1. The van der Waals surface area contributed by atoms with Crippen molar-refractivity contribution in [2.45, 2.75) is 45.2 Å². The normalized spacial score (nSPS) is 21.2. The Morgan fingerprint density at radius 1 is 1.03 bits per heavy atom. The van der Waals surface area contributed by atoms with E-state index in [0.717, 1.165) is 60.7 Å². The van der Waals surface area contributed by atoms with Gasteiger partial charge in [-0.1, -0.05) is 6.92 Å². The third kappa shape index (κ3) is 4.76. The zero-order valence-corrected chi connectivity index (χ0v) is 19.2. The van der Waals surface area contributed by atoms with Gasteiger partial charge < -0.3 is 15.1 Å². The number of hydrogen-bond donors (Lipinski definition) is 1. The first kappa shape index (κ1) is 21.6. The monoisotopic (exact) mass is 441 g/mol. The number of nitrogens with zero attached hydrogens (tertiary/aromatic N) is 6. The van der Waals surface area contributed by atoms with Crippen LogP contribution in [0, 0.1) is 17.2 Å². The van der Waals surface area contributed by atoms with E-state index in [1.807, 2.05) is 24.5 Å². The van der Waals surface area contributed by atoms with Crippen molar-refractivity contribution in [3.8, 4) is 6.07 Å². The molecule has 4 heterocycles. The Morgan fingerprint density at radius 2 is 1.85 bits per heavy atom. The Bertz CT molecular complexity index is 1130. The second-order valence-corrected chi connectivity index (χ2v) is 9.37. The molecule has 2 aliphatic rings. The molecule has 0 saturated carbocycles. The van der Waals surface area contributed by atoms with E-state index in [-0.39, 0.29) is 0 Å². The second kappa shape index (κ2) is 9.72. The largest absolute Gasteiger partial charge is 0.369 e. The van der Waals surface area contributed by atoms with Gasteiger partial charge in [0.2, 0.25) is 0 Å². The van der Waals surface area contributed by atoms with Crippen LogP contribution < -0.4 is 15.1 Å². The molecule has 0 aliphatic carbocycles. The maximum absolute atomic E-state index is 9.46. The molecule has 0 amide bonds. The summed E-state index contributed by atoms with van der Waals surface area (Å²) < 4.78 is 0. The van der Waals surface area contributed by atoms with Crippen LogP contribution in [0.2, 0.25) is 0 Å². The highest BCUT2D eigenvalue weighted by atomic mass is 15.2. The minimum absolute atomic E-state index is 0.349. The van der Waals surface area contributed by atoms with E-state index in [9.17, 15) is 5.26 Å². The third-order valence-electron chi connectivity index (χ3n) is 6.83. The molecular formula is C26H31N7. The highest BCUT2D eigenvalue weighted by molar-refractivity contribution is 5.95. The van der Waals surface area contributed by atoms with Gasteiger partial charge in [0, 0.05) is 49.5 Å². The smallest absolute Gasteiger partial charge is 0.142 e. The van der Waals surface area contributed by atoms with Crippen molar-refractivity contribution in [2.24, 2.45) is 5.92 Å². The van der Waals surface area contributed by atoms with E-state index in [2.05, 4.69) is 55.2 Å². The number of fused-ring (bicyclic) bond motifs is 1. The van der Waals surface area contributed by atoms with Crippen LogP contribution in [0.25, 0.3) is 10.9 Å². The lowest BCUT2D eigenvalue weighted by Gasteiger charge is -2.39. The molecule has 0 spiro atoms. The number of pyridine rings is 1. The van der Waals surface area contributed by atoms with Gasteiger partial charge in [-0.2, -0.15) is 5.26 Å². The van der Waals surface area contributed by atoms with Crippen LogP contribution in [0.5, 0.6) is 0 Å². The molecule has 3 aromatic rings. The second-order valence-electron chi connectivity index (χ2n) is 9.37. The number of hydrogen-bond acceptors (Lipinski definition) is 7. The van der Waals surface area contributed by atoms with Crippen molar-refractivity contribution in [1.82, 2.24) is 20.3 Å². The van der Waals surface area contributed by atoms with E-state index >= 15 is 0 Å². The van der Waals surface area contributed by atoms with Gasteiger partial charge in [-0.05, 0) is 55.9 Å². The Hall–Kier alpha value is -3.24. The molecular weight excluding hydrogens is 410 g/mol. The van der Waals surface area contributed by atoms with Gasteiger partial charge >= 0.3 is 0 Å². The Labute approximate surface area is 195 Å². The standard InChI is InChI=1S/C26H31N7/c1-19-12-21(29-16-25-30-14-22(15-31-25)32-10-3-2-4-11-32)18-33(17-19)24-8-7-20(13-27)26-23(24)6-5-9-28-26/h5-9,14-15,19,21,29H,2-4,10-12,16-18H2,1H3/t19-,21+/m0/s1. The van der Waals surface area contributed by atoms with Crippen molar-refractivity contribution in [3.05, 3.63) is 54.2 Å². The van der Waals surface area contributed by atoms with Crippen LogP contribution in [0.3, 0.4) is 0 Å². The van der Waals surface area contributed by atoms with Crippen molar-refractivity contribution in [3.63, 3.8) is 0 Å². The molecule has 1 N–H and O–H groups in total. The molecule has 0 bridgehead atoms. The summed E-state index contributed by atoms with van der Waals surface area (Å²) in [4.78, 5) is 18.5. The van der Waals surface area contributed by atoms with Gasteiger partial charge in [-0.25, -0.2) is 9.97 Å². The molecule has 2 aliphatic heterocycles. The average molecular weight is 442 g/mol. The lowest BCUT2D eigenvalue weighted by atomic mass is 9.94. The number of nitriles is 1. The van der Waals surface area contributed by atoms with Crippen LogP contribution in [0.15, 0.2) is 42.9 Å². The molecule has 0 radical (unpaired) electrons. The number of piperidine rings is 2. The molecule has 2 fully saturated rings. The summed E-state index contributed by atoms with van der Waals surface area (Å²) in [6.45, 7) is 7.09. The summed E-state index contributed by atoms with van der Waals surface area (Å²) in [6.07, 6.45) is 10.7. The molecule has 7 nitrogen and oxygen atoms in total. The minimum Gasteiger partial charge on any atom is -0.369 e. The van der Waals surface area contributed by atoms with E-state index in [4.69, 9.17) is 0 Å². The third-order valence-corrected chi connectivity index (χ3v) is 6.83.